The van der Waals surface area contributed by atoms with Gasteiger partial charge >= 0.3 is 6.18 Å². The van der Waals surface area contributed by atoms with E-state index in [1.165, 1.54) is 6.92 Å². The number of hydrogen-bond donors (Lipinski definition) is 2. The molecule has 142 valence electrons. The van der Waals surface area contributed by atoms with Gasteiger partial charge in [0.05, 0.1) is 11.6 Å². The van der Waals surface area contributed by atoms with E-state index in [4.69, 9.17) is 0 Å². The maximum absolute atomic E-state index is 13.8. The molecule has 6 heteroatoms. The number of anilines is 1. The van der Waals surface area contributed by atoms with Crippen LogP contribution in [0.3, 0.4) is 0 Å². The van der Waals surface area contributed by atoms with E-state index >= 15 is 0 Å². The Balaban J connectivity index is 2.13. The Morgan fingerprint density at radius 3 is 2.33 bits per heavy atom. The second kappa shape index (κ2) is 7.19. The third-order valence-electron chi connectivity index (χ3n) is 4.81. The summed E-state index contributed by atoms with van der Waals surface area (Å²) >= 11 is 0. The van der Waals surface area contributed by atoms with Crippen LogP contribution in [0.15, 0.2) is 60.7 Å². The highest BCUT2D eigenvalue weighted by Gasteiger charge is 2.57. The number of rotatable bonds is 5. The van der Waals surface area contributed by atoms with Gasteiger partial charge in [-0.2, -0.15) is 13.2 Å². The minimum atomic E-state index is -4.80. The van der Waals surface area contributed by atoms with Crippen molar-refractivity contribution in [1.29, 1.82) is 0 Å². The number of halogens is 3. The molecule has 1 aromatic heterocycles. The maximum atomic E-state index is 13.8. The lowest BCUT2D eigenvalue weighted by molar-refractivity contribution is -0.267. The van der Waals surface area contributed by atoms with Crippen molar-refractivity contribution in [3.63, 3.8) is 0 Å². The fraction of sp³-hybridized carbons (Fsp3) is 0.286. The molecule has 0 aliphatic carbocycles. The van der Waals surface area contributed by atoms with Crippen LogP contribution in [0.1, 0.15) is 30.6 Å². The minimum Gasteiger partial charge on any atom is -0.379 e. The van der Waals surface area contributed by atoms with E-state index in [0.29, 0.717) is 22.2 Å². The molecular formula is C21H21F3N2O. The number of pyridine rings is 1. The summed E-state index contributed by atoms with van der Waals surface area (Å²) in [5.74, 6) is 0. The second-order valence-corrected chi connectivity index (χ2v) is 6.59. The summed E-state index contributed by atoms with van der Waals surface area (Å²) in [5, 5.41) is 14.3. The summed E-state index contributed by atoms with van der Waals surface area (Å²) in [6.45, 7) is 3.19. The first-order valence-electron chi connectivity index (χ1n) is 8.73. The van der Waals surface area contributed by atoms with Gasteiger partial charge in [0.1, 0.15) is 0 Å². The Morgan fingerprint density at radius 1 is 1.00 bits per heavy atom. The Hall–Kier alpha value is -2.60. The van der Waals surface area contributed by atoms with Gasteiger partial charge in [-0.15, -0.1) is 0 Å². The van der Waals surface area contributed by atoms with E-state index in [1.807, 2.05) is 13.0 Å². The molecule has 2 N–H and O–H groups in total. The summed E-state index contributed by atoms with van der Waals surface area (Å²) in [4.78, 5) is 4.42. The smallest absolute Gasteiger partial charge is 0.379 e. The monoisotopic (exact) mass is 374 g/mol. The molecule has 27 heavy (non-hydrogen) atoms. The van der Waals surface area contributed by atoms with Crippen molar-refractivity contribution in [2.45, 2.75) is 38.1 Å². The quantitative estimate of drug-likeness (QED) is 0.628. The van der Waals surface area contributed by atoms with Gasteiger partial charge in [0, 0.05) is 16.8 Å². The number of aryl methyl sites for hydroxylation is 1. The summed E-state index contributed by atoms with van der Waals surface area (Å²) < 4.78 is 41.4. The van der Waals surface area contributed by atoms with E-state index < -0.39 is 24.2 Å². The van der Waals surface area contributed by atoms with Crippen LogP contribution in [0.4, 0.5) is 18.9 Å². The molecule has 0 amide bonds. The van der Waals surface area contributed by atoms with Crippen molar-refractivity contribution in [2.24, 2.45) is 0 Å². The second-order valence-electron chi connectivity index (χ2n) is 6.59. The molecule has 0 fully saturated rings. The van der Waals surface area contributed by atoms with Crippen LogP contribution < -0.4 is 5.32 Å². The summed E-state index contributed by atoms with van der Waals surface area (Å²) in [7, 11) is 0. The van der Waals surface area contributed by atoms with Crippen LogP contribution in [0, 0.1) is 6.92 Å². The standard InChI is InChI=1S/C21H21F3N2O/c1-3-20(27,21(22,23)24)19(15-8-5-4-6-9-15)26-18-11-7-10-17-16(18)13-12-14(2)25-17/h4-13,19,26-27H,3H2,1-2H3. The zero-order valence-corrected chi connectivity index (χ0v) is 15.1. The number of fused-ring (bicyclic) bond motifs is 1. The van der Waals surface area contributed by atoms with Gasteiger partial charge < -0.3 is 10.4 Å². The van der Waals surface area contributed by atoms with Gasteiger partial charge in [-0.05, 0) is 43.2 Å². The molecule has 3 rings (SSSR count). The largest absolute Gasteiger partial charge is 0.419 e. The van der Waals surface area contributed by atoms with Crippen molar-refractivity contribution in [1.82, 2.24) is 4.98 Å². The van der Waals surface area contributed by atoms with E-state index in [1.54, 1.807) is 54.6 Å². The molecule has 0 saturated heterocycles. The fourth-order valence-corrected chi connectivity index (χ4v) is 3.23. The van der Waals surface area contributed by atoms with Crippen LogP contribution in [0.25, 0.3) is 10.9 Å². The Kier molecular flexibility index (Phi) is 5.11. The van der Waals surface area contributed by atoms with Crippen LogP contribution in [-0.4, -0.2) is 21.9 Å². The lowest BCUT2D eigenvalue weighted by atomic mass is 9.85. The molecule has 3 aromatic rings. The van der Waals surface area contributed by atoms with Crippen molar-refractivity contribution in [3.05, 3.63) is 71.9 Å². The Labute approximate surface area is 155 Å². The molecule has 3 nitrogen and oxygen atoms in total. The molecule has 2 aromatic carbocycles. The lowest BCUT2D eigenvalue weighted by Crippen LogP contribution is -2.52. The number of aliphatic hydroxyl groups is 1. The highest BCUT2D eigenvalue weighted by Crippen LogP contribution is 2.44. The number of nitrogens with one attached hydrogen (secondary N) is 1. The SMILES string of the molecule is CCC(O)(C(Nc1cccc2nc(C)ccc12)c1ccccc1)C(F)(F)F. The first-order valence-corrected chi connectivity index (χ1v) is 8.73. The number of nitrogens with zero attached hydrogens (tertiary/aromatic N) is 1. The van der Waals surface area contributed by atoms with Crippen molar-refractivity contribution in [3.8, 4) is 0 Å². The first-order chi connectivity index (χ1) is 12.8. The molecule has 0 saturated carbocycles. The summed E-state index contributed by atoms with van der Waals surface area (Å²) in [6, 6.07) is 15.7. The number of benzene rings is 2. The van der Waals surface area contributed by atoms with Crippen LogP contribution in [-0.2, 0) is 0 Å². The molecule has 2 atom stereocenters. The van der Waals surface area contributed by atoms with Gasteiger partial charge in [-0.3, -0.25) is 4.98 Å². The molecule has 2 unspecified atom stereocenters. The molecule has 0 radical (unpaired) electrons. The molecule has 0 bridgehead atoms. The zero-order valence-electron chi connectivity index (χ0n) is 15.1. The zero-order chi connectivity index (χ0) is 19.7. The molecule has 1 heterocycles. The van der Waals surface area contributed by atoms with E-state index in [-0.39, 0.29) is 0 Å². The number of aromatic nitrogens is 1. The molecule has 0 aliphatic heterocycles. The molecule has 0 spiro atoms. The number of hydrogen-bond acceptors (Lipinski definition) is 3. The average Bonchev–Trinajstić information content (AvgIpc) is 2.65. The number of alkyl halides is 3. The van der Waals surface area contributed by atoms with Crippen molar-refractivity contribution in [2.75, 3.05) is 5.32 Å². The van der Waals surface area contributed by atoms with E-state index in [0.717, 1.165) is 5.69 Å². The Bertz CT molecular complexity index is 928. The average molecular weight is 374 g/mol. The van der Waals surface area contributed by atoms with Gasteiger partial charge in [-0.1, -0.05) is 43.3 Å². The predicted molar refractivity (Wildman–Crippen MR) is 101 cm³/mol. The highest BCUT2D eigenvalue weighted by atomic mass is 19.4. The van der Waals surface area contributed by atoms with E-state index in [9.17, 15) is 18.3 Å². The van der Waals surface area contributed by atoms with Crippen LogP contribution in [0.5, 0.6) is 0 Å². The molecule has 0 aliphatic rings. The van der Waals surface area contributed by atoms with Crippen molar-refractivity contribution < 1.29 is 18.3 Å². The lowest BCUT2D eigenvalue weighted by Gasteiger charge is -2.38. The first kappa shape index (κ1) is 19.2. The predicted octanol–water partition coefficient (Wildman–Crippen LogP) is 5.40. The normalized spacial score (nSPS) is 15.3. The Morgan fingerprint density at radius 2 is 1.70 bits per heavy atom. The van der Waals surface area contributed by atoms with Crippen molar-refractivity contribution >= 4 is 16.6 Å². The third kappa shape index (κ3) is 3.62. The van der Waals surface area contributed by atoms with E-state index in [2.05, 4.69) is 10.3 Å². The minimum absolute atomic E-state index is 0.358. The topological polar surface area (TPSA) is 45.1 Å². The van der Waals surface area contributed by atoms with Gasteiger partial charge in [-0.25, -0.2) is 0 Å². The highest BCUT2D eigenvalue weighted by molar-refractivity contribution is 5.91. The molecular weight excluding hydrogens is 353 g/mol. The maximum Gasteiger partial charge on any atom is 0.419 e. The fourth-order valence-electron chi connectivity index (χ4n) is 3.23. The van der Waals surface area contributed by atoms with Crippen LogP contribution in [0.2, 0.25) is 0 Å². The van der Waals surface area contributed by atoms with Crippen LogP contribution >= 0.6 is 0 Å². The summed E-state index contributed by atoms with van der Waals surface area (Å²) in [6.07, 6.45) is -5.28. The van der Waals surface area contributed by atoms with Gasteiger partial charge in [0.15, 0.2) is 5.60 Å². The summed E-state index contributed by atoms with van der Waals surface area (Å²) in [5.41, 5.74) is -0.575. The third-order valence-corrected chi connectivity index (χ3v) is 4.81. The van der Waals surface area contributed by atoms with Gasteiger partial charge in [0.2, 0.25) is 0 Å². The van der Waals surface area contributed by atoms with Gasteiger partial charge in [0.25, 0.3) is 0 Å².